The van der Waals surface area contributed by atoms with Crippen molar-refractivity contribution in [1.29, 1.82) is 0 Å². The van der Waals surface area contributed by atoms with E-state index in [2.05, 4.69) is 58.9 Å². The smallest absolute Gasteiger partial charge is 0.115 e. The number of fused-ring (bicyclic) bond motifs is 1. The number of hydrogen-bond acceptors (Lipinski definition) is 1. The summed E-state index contributed by atoms with van der Waals surface area (Å²) in [5.74, 6) is 0.319. The zero-order chi connectivity index (χ0) is 18.9. The number of hydrogen-bond donors (Lipinski definition) is 1. The van der Waals surface area contributed by atoms with Crippen LogP contribution in [0.3, 0.4) is 0 Å². The lowest BCUT2D eigenvalue weighted by Gasteiger charge is -2.43. The molecule has 0 saturated heterocycles. The zero-order valence-corrected chi connectivity index (χ0v) is 16.9. The minimum absolute atomic E-state index is 0.198. The number of phenolic OH excluding ortho intramolecular Hbond substituents is 1. The maximum Gasteiger partial charge on any atom is 0.115 e. The van der Waals surface area contributed by atoms with E-state index in [1.807, 2.05) is 12.1 Å². The van der Waals surface area contributed by atoms with Crippen LogP contribution in [0.4, 0.5) is 0 Å². The molecule has 0 radical (unpaired) electrons. The van der Waals surface area contributed by atoms with Gasteiger partial charge in [0, 0.05) is 0 Å². The van der Waals surface area contributed by atoms with Crippen LogP contribution >= 0.6 is 0 Å². The Morgan fingerprint density at radius 1 is 0.962 bits per heavy atom. The summed E-state index contributed by atoms with van der Waals surface area (Å²) in [6.07, 6.45) is 6.95. The third-order valence-corrected chi connectivity index (χ3v) is 5.94. The molecule has 0 unspecified atom stereocenters. The summed E-state index contributed by atoms with van der Waals surface area (Å²) >= 11 is 0. The molecule has 1 nitrogen and oxygen atoms in total. The maximum atomic E-state index is 9.57. The van der Waals surface area contributed by atoms with E-state index in [0.29, 0.717) is 5.75 Å². The number of allylic oxidation sites excluding steroid dienone is 1. The van der Waals surface area contributed by atoms with E-state index < -0.39 is 0 Å². The predicted octanol–water partition coefficient (Wildman–Crippen LogP) is 7.08. The molecule has 0 heterocycles. The van der Waals surface area contributed by atoms with Gasteiger partial charge in [0.05, 0.1) is 0 Å². The van der Waals surface area contributed by atoms with Crippen molar-refractivity contribution in [2.24, 2.45) is 0 Å². The van der Waals surface area contributed by atoms with Gasteiger partial charge >= 0.3 is 0 Å². The van der Waals surface area contributed by atoms with E-state index in [-0.39, 0.29) is 10.8 Å². The number of benzene rings is 2. The van der Waals surface area contributed by atoms with E-state index in [1.54, 1.807) is 12.1 Å². The van der Waals surface area contributed by atoms with Crippen molar-refractivity contribution in [3.8, 4) is 5.75 Å². The fraction of sp³-hybridized carbons (Fsp3) is 0.440. The molecule has 2 aromatic rings. The van der Waals surface area contributed by atoms with Gasteiger partial charge in [0.2, 0.25) is 0 Å². The second-order valence-corrected chi connectivity index (χ2v) is 9.01. The van der Waals surface area contributed by atoms with E-state index in [9.17, 15) is 5.11 Å². The van der Waals surface area contributed by atoms with Crippen LogP contribution in [-0.2, 0) is 10.8 Å². The molecule has 0 bridgehead atoms. The molecule has 0 atom stereocenters. The first-order chi connectivity index (χ1) is 12.2. The molecule has 1 aliphatic rings. The molecule has 1 N–H and O–H groups in total. The third kappa shape index (κ3) is 3.58. The Hall–Kier alpha value is -2.02. The summed E-state index contributed by atoms with van der Waals surface area (Å²) in [4.78, 5) is 0. The topological polar surface area (TPSA) is 20.2 Å². The molecular formula is C25H32O. The van der Waals surface area contributed by atoms with E-state index in [0.717, 1.165) is 18.4 Å². The van der Waals surface area contributed by atoms with Crippen molar-refractivity contribution in [1.82, 2.24) is 0 Å². The first-order valence-electron chi connectivity index (χ1n) is 9.88. The molecule has 138 valence electrons. The number of rotatable bonds is 4. The van der Waals surface area contributed by atoms with Gasteiger partial charge < -0.3 is 5.11 Å². The highest BCUT2D eigenvalue weighted by molar-refractivity contribution is 5.84. The van der Waals surface area contributed by atoms with Gasteiger partial charge in [0.15, 0.2) is 0 Å². The van der Waals surface area contributed by atoms with Crippen LogP contribution in [0.25, 0.3) is 11.6 Å². The second kappa shape index (κ2) is 6.95. The molecule has 0 saturated carbocycles. The molecular weight excluding hydrogens is 316 g/mol. The standard InChI is InChI=1S/C25H32O/c1-6-8-19(17-18-11-13-20(26)14-12-18)21-9-7-10-22-23(21)25(4,5)16-15-24(22,2)3/h7,9-14,17,26H,6,8,15-16H2,1-5H3. The summed E-state index contributed by atoms with van der Waals surface area (Å²) in [6, 6.07) is 14.4. The number of phenols is 1. The minimum atomic E-state index is 0.198. The summed E-state index contributed by atoms with van der Waals surface area (Å²) in [6.45, 7) is 11.8. The van der Waals surface area contributed by atoms with Gasteiger partial charge in [-0.25, -0.2) is 0 Å². The first kappa shape index (κ1) is 18.8. The largest absolute Gasteiger partial charge is 0.508 e. The molecule has 0 aliphatic heterocycles. The Balaban J connectivity index is 2.19. The fourth-order valence-corrected chi connectivity index (χ4v) is 4.32. The Labute approximate surface area is 158 Å². The molecule has 0 aromatic heterocycles. The van der Waals surface area contributed by atoms with Gasteiger partial charge in [-0.15, -0.1) is 0 Å². The SMILES string of the molecule is CCCC(=Cc1ccc(O)cc1)c1cccc2c1C(C)(C)CCC2(C)C. The highest BCUT2D eigenvalue weighted by Gasteiger charge is 2.38. The molecule has 1 aliphatic carbocycles. The average molecular weight is 349 g/mol. The highest BCUT2D eigenvalue weighted by atomic mass is 16.3. The van der Waals surface area contributed by atoms with Gasteiger partial charge in [0.25, 0.3) is 0 Å². The molecule has 0 spiro atoms. The van der Waals surface area contributed by atoms with Gasteiger partial charge in [-0.1, -0.05) is 77.4 Å². The van der Waals surface area contributed by atoms with Crippen LogP contribution in [0.15, 0.2) is 42.5 Å². The summed E-state index contributed by atoms with van der Waals surface area (Å²) in [5, 5.41) is 9.57. The van der Waals surface area contributed by atoms with Crippen LogP contribution in [-0.4, -0.2) is 5.11 Å². The van der Waals surface area contributed by atoms with Crippen LogP contribution in [0.2, 0.25) is 0 Å². The summed E-state index contributed by atoms with van der Waals surface area (Å²) in [5.41, 5.74) is 7.45. The lowest BCUT2D eigenvalue weighted by Crippen LogP contribution is -2.34. The Bertz CT molecular complexity index is 807. The first-order valence-corrected chi connectivity index (χ1v) is 9.88. The highest BCUT2D eigenvalue weighted by Crippen LogP contribution is 2.48. The van der Waals surface area contributed by atoms with Crippen molar-refractivity contribution in [3.63, 3.8) is 0 Å². The molecule has 2 aromatic carbocycles. The molecule has 0 fully saturated rings. The predicted molar refractivity (Wildman–Crippen MR) is 113 cm³/mol. The van der Waals surface area contributed by atoms with Crippen LogP contribution in [0.1, 0.15) is 82.6 Å². The van der Waals surface area contributed by atoms with Gasteiger partial charge in [-0.3, -0.25) is 0 Å². The van der Waals surface area contributed by atoms with Crippen LogP contribution in [0, 0.1) is 0 Å². The normalized spacial score (nSPS) is 18.4. The van der Waals surface area contributed by atoms with Crippen molar-refractivity contribution in [2.45, 2.75) is 71.1 Å². The lowest BCUT2D eigenvalue weighted by atomic mass is 9.61. The fourth-order valence-electron chi connectivity index (χ4n) is 4.32. The average Bonchev–Trinajstić information content (AvgIpc) is 2.60. The Morgan fingerprint density at radius 2 is 1.62 bits per heavy atom. The van der Waals surface area contributed by atoms with Crippen LogP contribution in [0.5, 0.6) is 5.75 Å². The third-order valence-electron chi connectivity index (χ3n) is 5.94. The molecule has 1 heteroatoms. The zero-order valence-electron chi connectivity index (χ0n) is 16.9. The van der Waals surface area contributed by atoms with Crippen LogP contribution < -0.4 is 0 Å². The van der Waals surface area contributed by atoms with Crippen molar-refractivity contribution < 1.29 is 5.11 Å². The van der Waals surface area contributed by atoms with Gasteiger partial charge in [-0.05, 0) is 70.1 Å². The second-order valence-electron chi connectivity index (χ2n) is 9.01. The Morgan fingerprint density at radius 3 is 2.27 bits per heavy atom. The number of aromatic hydroxyl groups is 1. The monoisotopic (exact) mass is 348 g/mol. The molecule has 3 rings (SSSR count). The lowest BCUT2D eigenvalue weighted by molar-refractivity contribution is 0.331. The maximum absolute atomic E-state index is 9.57. The quantitative estimate of drug-likeness (QED) is 0.585. The molecule has 0 amide bonds. The summed E-state index contributed by atoms with van der Waals surface area (Å²) < 4.78 is 0. The van der Waals surface area contributed by atoms with E-state index in [1.165, 1.54) is 35.1 Å². The van der Waals surface area contributed by atoms with Gasteiger partial charge in [0.1, 0.15) is 5.75 Å². The molecule has 26 heavy (non-hydrogen) atoms. The van der Waals surface area contributed by atoms with Crippen molar-refractivity contribution in [2.75, 3.05) is 0 Å². The van der Waals surface area contributed by atoms with E-state index in [4.69, 9.17) is 0 Å². The minimum Gasteiger partial charge on any atom is -0.508 e. The summed E-state index contributed by atoms with van der Waals surface area (Å²) in [7, 11) is 0. The van der Waals surface area contributed by atoms with E-state index >= 15 is 0 Å². The van der Waals surface area contributed by atoms with Gasteiger partial charge in [-0.2, -0.15) is 0 Å². The Kier molecular flexibility index (Phi) is 5.01. The van der Waals surface area contributed by atoms with Crippen molar-refractivity contribution in [3.05, 3.63) is 64.7 Å². The van der Waals surface area contributed by atoms with Crippen molar-refractivity contribution >= 4 is 11.6 Å².